The van der Waals surface area contributed by atoms with Gasteiger partial charge in [-0.15, -0.1) is 0 Å². The topological polar surface area (TPSA) is 118 Å². The van der Waals surface area contributed by atoms with Gasteiger partial charge in [0.15, 0.2) is 0 Å². The highest BCUT2D eigenvalue weighted by Crippen LogP contribution is 2.35. The molecule has 0 saturated carbocycles. The predicted octanol–water partition coefficient (Wildman–Crippen LogP) is 4.86. The Hall–Kier alpha value is -5.41. The molecule has 12 nitrogen and oxygen atoms in total. The molecular formula is C40H46N8O4. The number of anilines is 2. The molecule has 0 aliphatic carbocycles. The second-order valence-electron chi connectivity index (χ2n) is 14.0. The zero-order valence-electron chi connectivity index (χ0n) is 30.0. The maximum Gasteiger partial charge on any atom is 0.410 e. The Morgan fingerprint density at radius 2 is 1.73 bits per heavy atom. The summed E-state index contributed by atoms with van der Waals surface area (Å²) in [5.74, 6) is 0.867. The molecule has 270 valence electrons. The van der Waals surface area contributed by atoms with Crippen molar-refractivity contribution in [1.29, 1.82) is 5.26 Å². The molecular weight excluding hydrogens is 656 g/mol. The molecule has 2 saturated heterocycles. The summed E-state index contributed by atoms with van der Waals surface area (Å²) in [6.07, 6.45) is 2.43. The second kappa shape index (κ2) is 15.9. The lowest BCUT2D eigenvalue weighted by molar-refractivity contribution is -0.130. The lowest BCUT2D eigenvalue weighted by Crippen LogP contribution is -2.55. The van der Waals surface area contributed by atoms with E-state index < -0.39 is 6.09 Å². The standard InChI is InChI=1S/C40H46N8O4/c1-44(2)37(49)26-45-20-9-14-32(45)28-51-39-42-35-25-46(36-16-8-13-30-12-6-7-15-33(30)36)21-18-34(35)38(43-39)47-22-23-48(31(24-47)17-19-41)40(50)52-27-29-10-4-3-5-11-29/h3-8,10-13,15-16,31-32H,9,14,17-18,20-28H2,1-2H3/t31-,32-/m0/s1. The van der Waals surface area contributed by atoms with Crippen molar-refractivity contribution in [2.75, 3.05) is 69.8 Å². The SMILES string of the molecule is CN(C)C(=O)CN1CCC[C@H]1COc1nc2c(c(N3CCN(C(=O)OCc4ccccc4)[C@@H](CC#N)C3)n1)CCN(c1cccc3ccccc13)C2. The number of fused-ring (bicyclic) bond motifs is 2. The van der Waals surface area contributed by atoms with E-state index in [1.54, 1.807) is 23.9 Å². The summed E-state index contributed by atoms with van der Waals surface area (Å²) in [4.78, 5) is 45.9. The van der Waals surface area contributed by atoms with E-state index in [0.29, 0.717) is 45.3 Å². The number of hydrogen-bond acceptors (Lipinski definition) is 10. The lowest BCUT2D eigenvalue weighted by atomic mass is 10.0. The van der Waals surface area contributed by atoms with Gasteiger partial charge in [0.05, 0.1) is 37.3 Å². The van der Waals surface area contributed by atoms with Gasteiger partial charge >= 0.3 is 12.1 Å². The fourth-order valence-electron chi connectivity index (χ4n) is 7.55. The van der Waals surface area contributed by atoms with E-state index >= 15 is 0 Å². The first-order valence-electron chi connectivity index (χ1n) is 18.2. The van der Waals surface area contributed by atoms with E-state index in [1.165, 1.54) is 10.8 Å². The Balaban J connectivity index is 1.14. The Labute approximate surface area is 305 Å². The average molecular weight is 703 g/mol. The molecule has 0 N–H and O–H groups in total. The fraction of sp³-hybridized carbons (Fsp3) is 0.425. The molecule has 0 spiro atoms. The monoisotopic (exact) mass is 702 g/mol. The number of piperazine rings is 1. The van der Waals surface area contributed by atoms with Crippen LogP contribution in [0.3, 0.4) is 0 Å². The van der Waals surface area contributed by atoms with Gasteiger partial charge in [0.2, 0.25) is 5.91 Å². The van der Waals surface area contributed by atoms with Gasteiger partial charge in [-0.3, -0.25) is 9.69 Å². The number of nitriles is 1. The normalized spacial score (nSPS) is 18.9. The van der Waals surface area contributed by atoms with Crippen molar-refractivity contribution < 1.29 is 19.1 Å². The van der Waals surface area contributed by atoms with Crippen molar-refractivity contribution in [2.24, 2.45) is 0 Å². The van der Waals surface area contributed by atoms with Crippen LogP contribution in [0.25, 0.3) is 10.8 Å². The summed E-state index contributed by atoms with van der Waals surface area (Å²) >= 11 is 0. The fourth-order valence-corrected chi connectivity index (χ4v) is 7.55. The zero-order valence-corrected chi connectivity index (χ0v) is 30.0. The molecule has 12 heteroatoms. The van der Waals surface area contributed by atoms with Gasteiger partial charge < -0.3 is 29.1 Å². The number of likely N-dealkylation sites (N-methyl/N-ethyl adjacent to an activating group) is 1. The van der Waals surface area contributed by atoms with E-state index in [-0.39, 0.29) is 31.0 Å². The van der Waals surface area contributed by atoms with E-state index in [4.69, 9.17) is 19.4 Å². The van der Waals surface area contributed by atoms with Gasteiger partial charge in [-0.1, -0.05) is 66.7 Å². The average Bonchev–Trinajstić information content (AvgIpc) is 3.62. The van der Waals surface area contributed by atoms with Crippen LogP contribution >= 0.6 is 0 Å². The van der Waals surface area contributed by atoms with Crippen LogP contribution in [0.2, 0.25) is 0 Å². The summed E-state index contributed by atoms with van der Waals surface area (Å²) in [5.41, 5.74) is 4.05. The first-order valence-corrected chi connectivity index (χ1v) is 18.2. The molecule has 1 aromatic heterocycles. The van der Waals surface area contributed by atoms with Crippen LogP contribution in [-0.2, 0) is 29.1 Å². The van der Waals surface area contributed by atoms with Crippen molar-refractivity contribution in [3.05, 3.63) is 89.6 Å². The maximum absolute atomic E-state index is 13.3. The molecule has 2 atom stereocenters. The van der Waals surface area contributed by atoms with Gasteiger partial charge in [0.25, 0.3) is 0 Å². The number of nitrogens with zero attached hydrogens (tertiary/aromatic N) is 8. The van der Waals surface area contributed by atoms with Gasteiger partial charge in [-0.2, -0.15) is 15.2 Å². The highest BCUT2D eigenvalue weighted by Gasteiger charge is 2.35. The zero-order chi connectivity index (χ0) is 36.0. The van der Waals surface area contributed by atoms with Crippen molar-refractivity contribution in [3.63, 3.8) is 0 Å². The molecule has 3 aliphatic heterocycles. The predicted molar refractivity (Wildman–Crippen MR) is 199 cm³/mol. The van der Waals surface area contributed by atoms with Gasteiger partial charge in [-0.25, -0.2) is 4.79 Å². The Kier molecular flexibility index (Phi) is 10.7. The van der Waals surface area contributed by atoms with Gasteiger partial charge in [0, 0.05) is 63.0 Å². The summed E-state index contributed by atoms with van der Waals surface area (Å²) in [6.45, 7) is 4.51. The first kappa shape index (κ1) is 35.0. The quantitative estimate of drug-likeness (QED) is 0.227. The number of ether oxygens (including phenoxy) is 2. The van der Waals surface area contributed by atoms with Crippen LogP contribution in [0.15, 0.2) is 72.8 Å². The molecule has 4 heterocycles. The third-order valence-electron chi connectivity index (χ3n) is 10.4. The van der Waals surface area contributed by atoms with E-state index in [9.17, 15) is 14.9 Å². The summed E-state index contributed by atoms with van der Waals surface area (Å²) in [6, 6.07) is 26.7. The summed E-state index contributed by atoms with van der Waals surface area (Å²) < 4.78 is 12.1. The Morgan fingerprint density at radius 1 is 0.923 bits per heavy atom. The number of likely N-dealkylation sites (tertiary alicyclic amines) is 1. The van der Waals surface area contributed by atoms with Crippen molar-refractivity contribution in [2.45, 2.75) is 50.9 Å². The van der Waals surface area contributed by atoms with Crippen molar-refractivity contribution >= 4 is 34.3 Å². The van der Waals surface area contributed by atoms with E-state index in [1.807, 2.05) is 30.3 Å². The molecule has 3 aromatic carbocycles. The minimum Gasteiger partial charge on any atom is -0.462 e. The van der Waals surface area contributed by atoms with Crippen LogP contribution in [0.4, 0.5) is 16.3 Å². The third-order valence-corrected chi connectivity index (χ3v) is 10.4. The smallest absolute Gasteiger partial charge is 0.410 e. The van der Waals surface area contributed by atoms with Crippen LogP contribution in [-0.4, -0.2) is 109 Å². The first-order chi connectivity index (χ1) is 25.4. The van der Waals surface area contributed by atoms with Crippen LogP contribution in [0, 0.1) is 11.3 Å². The second-order valence-corrected chi connectivity index (χ2v) is 14.0. The molecule has 0 bridgehead atoms. The highest BCUT2D eigenvalue weighted by atomic mass is 16.6. The minimum absolute atomic E-state index is 0.0720. The molecule has 0 unspecified atom stereocenters. The lowest BCUT2D eigenvalue weighted by Gasteiger charge is -2.42. The van der Waals surface area contributed by atoms with E-state index in [0.717, 1.165) is 60.7 Å². The number of carbonyl (C=O) groups is 2. The Bertz CT molecular complexity index is 1930. The number of rotatable bonds is 10. The maximum atomic E-state index is 13.3. The van der Waals surface area contributed by atoms with Gasteiger partial charge in [0.1, 0.15) is 19.0 Å². The van der Waals surface area contributed by atoms with Crippen molar-refractivity contribution in [1.82, 2.24) is 24.7 Å². The minimum atomic E-state index is -0.419. The largest absolute Gasteiger partial charge is 0.462 e. The highest BCUT2D eigenvalue weighted by molar-refractivity contribution is 5.94. The number of amides is 2. The molecule has 0 radical (unpaired) electrons. The number of benzene rings is 3. The molecule has 7 rings (SSSR count). The van der Waals surface area contributed by atoms with Crippen LogP contribution in [0.5, 0.6) is 6.01 Å². The number of carbonyl (C=O) groups excluding carboxylic acids is 2. The molecule has 2 fully saturated rings. The summed E-state index contributed by atoms with van der Waals surface area (Å²) in [5, 5.41) is 12.2. The molecule has 4 aromatic rings. The Morgan fingerprint density at radius 3 is 2.56 bits per heavy atom. The van der Waals surface area contributed by atoms with Crippen LogP contribution in [0.1, 0.15) is 36.1 Å². The number of aromatic nitrogens is 2. The third kappa shape index (κ3) is 7.75. The summed E-state index contributed by atoms with van der Waals surface area (Å²) in [7, 11) is 3.56. The van der Waals surface area contributed by atoms with Crippen LogP contribution < -0.4 is 14.5 Å². The molecule has 3 aliphatic rings. The van der Waals surface area contributed by atoms with Gasteiger partial charge in [-0.05, 0) is 42.8 Å². The van der Waals surface area contributed by atoms with Crippen molar-refractivity contribution in [3.8, 4) is 12.1 Å². The molecule has 52 heavy (non-hydrogen) atoms. The number of hydrogen-bond donors (Lipinski definition) is 0. The van der Waals surface area contributed by atoms with E-state index in [2.05, 4.69) is 63.2 Å². The molecule has 2 amide bonds.